The predicted octanol–water partition coefficient (Wildman–Crippen LogP) is 3.99. The molecule has 0 bridgehead atoms. The van der Waals surface area contributed by atoms with E-state index in [2.05, 4.69) is 6.07 Å². The van der Waals surface area contributed by atoms with E-state index in [-0.39, 0.29) is 5.92 Å². The lowest BCUT2D eigenvalue weighted by molar-refractivity contribution is -0.119. The molecule has 3 rings (SSSR count). The number of carbonyl (C=O) groups is 1. The summed E-state index contributed by atoms with van der Waals surface area (Å²) in [5.41, 5.74) is 3.43. The SMILES string of the molecule is O=C1Cc2ccccc2[C@@H](c2ccccc2Cl)C1. The average Bonchev–Trinajstić information content (AvgIpc) is 2.38. The highest BCUT2D eigenvalue weighted by Crippen LogP contribution is 2.37. The van der Waals surface area contributed by atoms with Crippen molar-refractivity contribution in [2.45, 2.75) is 18.8 Å². The Labute approximate surface area is 111 Å². The molecule has 0 aliphatic heterocycles. The van der Waals surface area contributed by atoms with Crippen LogP contribution in [0, 0.1) is 0 Å². The molecule has 0 heterocycles. The summed E-state index contributed by atoms with van der Waals surface area (Å²) in [5.74, 6) is 0.398. The lowest BCUT2D eigenvalue weighted by atomic mass is 9.78. The lowest BCUT2D eigenvalue weighted by Gasteiger charge is -2.25. The second kappa shape index (κ2) is 4.58. The van der Waals surface area contributed by atoms with Gasteiger partial charge in [0.1, 0.15) is 5.78 Å². The number of halogens is 1. The molecule has 0 aromatic heterocycles. The Morgan fingerprint density at radius 3 is 2.39 bits per heavy atom. The first-order chi connectivity index (χ1) is 8.75. The van der Waals surface area contributed by atoms with Gasteiger partial charge in [-0.15, -0.1) is 0 Å². The van der Waals surface area contributed by atoms with Crippen LogP contribution < -0.4 is 0 Å². The fourth-order valence-electron chi connectivity index (χ4n) is 2.69. The van der Waals surface area contributed by atoms with E-state index in [1.807, 2.05) is 42.5 Å². The Balaban J connectivity index is 2.13. The zero-order valence-corrected chi connectivity index (χ0v) is 10.7. The maximum Gasteiger partial charge on any atom is 0.138 e. The molecule has 90 valence electrons. The smallest absolute Gasteiger partial charge is 0.138 e. The van der Waals surface area contributed by atoms with Crippen LogP contribution in [0.25, 0.3) is 0 Å². The van der Waals surface area contributed by atoms with E-state index >= 15 is 0 Å². The topological polar surface area (TPSA) is 17.1 Å². The summed E-state index contributed by atoms with van der Waals surface area (Å²) in [5, 5.41) is 0.743. The van der Waals surface area contributed by atoms with Crippen LogP contribution >= 0.6 is 11.6 Å². The Kier molecular flexibility index (Phi) is 2.92. The monoisotopic (exact) mass is 256 g/mol. The molecular formula is C16H13ClO. The minimum absolute atomic E-state index is 0.108. The predicted molar refractivity (Wildman–Crippen MR) is 73.1 cm³/mol. The summed E-state index contributed by atoms with van der Waals surface area (Å²) in [6, 6.07) is 16.0. The van der Waals surface area contributed by atoms with Crippen molar-refractivity contribution in [3.8, 4) is 0 Å². The number of hydrogen-bond donors (Lipinski definition) is 0. The van der Waals surface area contributed by atoms with Crippen LogP contribution in [0.1, 0.15) is 29.0 Å². The summed E-state index contributed by atoms with van der Waals surface area (Å²) in [4.78, 5) is 11.9. The van der Waals surface area contributed by atoms with E-state index in [0.717, 1.165) is 16.1 Å². The van der Waals surface area contributed by atoms with E-state index in [4.69, 9.17) is 11.6 Å². The zero-order valence-electron chi connectivity index (χ0n) is 9.90. The summed E-state index contributed by atoms with van der Waals surface area (Å²) >= 11 is 6.26. The summed E-state index contributed by atoms with van der Waals surface area (Å²) in [6.45, 7) is 0. The zero-order chi connectivity index (χ0) is 12.5. The van der Waals surface area contributed by atoms with Gasteiger partial charge in [0.25, 0.3) is 0 Å². The summed E-state index contributed by atoms with van der Waals surface area (Å²) in [7, 11) is 0. The first-order valence-electron chi connectivity index (χ1n) is 6.09. The highest BCUT2D eigenvalue weighted by molar-refractivity contribution is 6.31. The number of ketones is 1. The Morgan fingerprint density at radius 2 is 1.61 bits per heavy atom. The van der Waals surface area contributed by atoms with Crippen LogP contribution in [0.2, 0.25) is 5.02 Å². The van der Waals surface area contributed by atoms with Gasteiger partial charge >= 0.3 is 0 Å². The van der Waals surface area contributed by atoms with Gasteiger partial charge in [0, 0.05) is 23.8 Å². The third-order valence-electron chi connectivity index (χ3n) is 3.53. The van der Waals surface area contributed by atoms with Gasteiger partial charge in [-0.25, -0.2) is 0 Å². The van der Waals surface area contributed by atoms with Crippen molar-refractivity contribution >= 4 is 17.4 Å². The summed E-state index contributed by atoms with van der Waals surface area (Å²) < 4.78 is 0. The molecular weight excluding hydrogens is 244 g/mol. The van der Waals surface area contributed by atoms with Crippen molar-refractivity contribution in [3.63, 3.8) is 0 Å². The number of carbonyl (C=O) groups excluding carboxylic acids is 1. The molecule has 1 atom stereocenters. The van der Waals surface area contributed by atoms with Gasteiger partial charge in [-0.3, -0.25) is 4.79 Å². The fraction of sp³-hybridized carbons (Fsp3) is 0.188. The molecule has 0 amide bonds. The largest absolute Gasteiger partial charge is 0.299 e. The number of benzene rings is 2. The van der Waals surface area contributed by atoms with Crippen molar-refractivity contribution < 1.29 is 4.79 Å². The van der Waals surface area contributed by atoms with Gasteiger partial charge < -0.3 is 0 Å². The van der Waals surface area contributed by atoms with Gasteiger partial charge in [-0.1, -0.05) is 54.1 Å². The Bertz CT molecular complexity index is 604. The molecule has 0 unspecified atom stereocenters. The maximum absolute atomic E-state index is 11.9. The van der Waals surface area contributed by atoms with Crippen LogP contribution in [-0.4, -0.2) is 5.78 Å². The van der Waals surface area contributed by atoms with E-state index in [1.165, 1.54) is 5.56 Å². The van der Waals surface area contributed by atoms with Crippen molar-refractivity contribution in [2.24, 2.45) is 0 Å². The minimum atomic E-state index is 0.108. The van der Waals surface area contributed by atoms with Crippen molar-refractivity contribution in [1.82, 2.24) is 0 Å². The van der Waals surface area contributed by atoms with Crippen LogP contribution in [0.4, 0.5) is 0 Å². The molecule has 0 fully saturated rings. The second-order valence-corrected chi connectivity index (χ2v) is 5.10. The number of rotatable bonds is 1. The Hall–Kier alpha value is -1.60. The molecule has 1 aliphatic rings. The van der Waals surface area contributed by atoms with Gasteiger partial charge in [0.15, 0.2) is 0 Å². The van der Waals surface area contributed by atoms with Crippen LogP contribution in [0.3, 0.4) is 0 Å². The molecule has 2 aromatic carbocycles. The number of fused-ring (bicyclic) bond motifs is 1. The van der Waals surface area contributed by atoms with Gasteiger partial charge in [-0.05, 0) is 22.8 Å². The molecule has 0 N–H and O–H groups in total. The van der Waals surface area contributed by atoms with Gasteiger partial charge in [0.2, 0.25) is 0 Å². The standard InChI is InChI=1S/C16H13ClO/c17-16-8-4-3-7-14(16)15-10-12(18)9-11-5-1-2-6-13(11)15/h1-8,15H,9-10H2/t15-/m0/s1. The highest BCUT2D eigenvalue weighted by Gasteiger charge is 2.27. The fourth-order valence-corrected chi connectivity index (χ4v) is 2.96. The molecule has 1 nitrogen and oxygen atoms in total. The van der Waals surface area contributed by atoms with E-state index in [0.29, 0.717) is 18.6 Å². The second-order valence-electron chi connectivity index (χ2n) is 4.69. The molecule has 1 aliphatic carbocycles. The van der Waals surface area contributed by atoms with Crippen LogP contribution in [-0.2, 0) is 11.2 Å². The average molecular weight is 257 g/mol. The van der Waals surface area contributed by atoms with E-state index in [9.17, 15) is 4.79 Å². The van der Waals surface area contributed by atoms with Crippen LogP contribution in [0.15, 0.2) is 48.5 Å². The molecule has 2 heteroatoms. The van der Waals surface area contributed by atoms with Crippen molar-refractivity contribution in [1.29, 1.82) is 0 Å². The summed E-state index contributed by atoms with van der Waals surface area (Å²) in [6.07, 6.45) is 1.11. The normalized spacial score (nSPS) is 18.5. The molecule has 0 saturated heterocycles. The molecule has 18 heavy (non-hydrogen) atoms. The number of Topliss-reactive ketones (excluding diaryl/α,β-unsaturated/α-hetero) is 1. The first-order valence-corrected chi connectivity index (χ1v) is 6.47. The number of hydrogen-bond acceptors (Lipinski definition) is 1. The third-order valence-corrected chi connectivity index (χ3v) is 3.87. The maximum atomic E-state index is 11.9. The molecule has 0 saturated carbocycles. The van der Waals surface area contributed by atoms with Crippen molar-refractivity contribution in [3.05, 3.63) is 70.2 Å². The molecule has 0 radical (unpaired) electrons. The highest BCUT2D eigenvalue weighted by atomic mass is 35.5. The van der Waals surface area contributed by atoms with Gasteiger partial charge in [0.05, 0.1) is 0 Å². The van der Waals surface area contributed by atoms with E-state index < -0.39 is 0 Å². The lowest BCUT2D eigenvalue weighted by Crippen LogP contribution is -2.19. The Morgan fingerprint density at radius 1 is 0.944 bits per heavy atom. The molecule has 0 spiro atoms. The van der Waals surface area contributed by atoms with Crippen molar-refractivity contribution in [2.75, 3.05) is 0 Å². The minimum Gasteiger partial charge on any atom is -0.299 e. The third kappa shape index (κ3) is 1.95. The first kappa shape index (κ1) is 11.5. The quantitative estimate of drug-likeness (QED) is 0.754. The van der Waals surface area contributed by atoms with E-state index in [1.54, 1.807) is 0 Å². The van der Waals surface area contributed by atoms with Crippen LogP contribution in [0.5, 0.6) is 0 Å². The van der Waals surface area contributed by atoms with Gasteiger partial charge in [-0.2, -0.15) is 0 Å². The molecule has 2 aromatic rings.